The largest absolute Gasteiger partial charge is 0.390 e. The second-order valence-corrected chi connectivity index (χ2v) is 9.67. The molecule has 0 aliphatic carbocycles. The van der Waals surface area contributed by atoms with Crippen LogP contribution in [0.2, 0.25) is 0 Å². The zero-order valence-electron chi connectivity index (χ0n) is 17.2. The number of hydrogen-bond donors (Lipinski definition) is 1. The van der Waals surface area contributed by atoms with Crippen molar-refractivity contribution in [1.82, 2.24) is 0 Å². The molecule has 2 aliphatic heterocycles. The lowest BCUT2D eigenvalue weighted by molar-refractivity contribution is -0.140. The highest BCUT2D eigenvalue weighted by atomic mass is 16.6. The fourth-order valence-electron chi connectivity index (χ4n) is 4.13. The van der Waals surface area contributed by atoms with Crippen LogP contribution in [-0.4, -0.2) is 47.8 Å². The van der Waals surface area contributed by atoms with Crippen molar-refractivity contribution in [2.75, 3.05) is 6.61 Å². The molecule has 0 bridgehead atoms. The van der Waals surface area contributed by atoms with Crippen molar-refractivity contribution in [1.29, 1.82) is 0 Å². The molecule has 0 aromatic rings. The first-order valence-corrected chi connectivity index (χ1v) is 10.3. The predicted octanol–water partition coefficient (Wildman–Crippen LogP) is 4.47. The van der Waals surface area contributed by atoms with Gasteiger partial charge in [-0.15, -0.1) is 0 Å². The highest BCUT2D eigenvalue weighted by molar-refractivity contribution is 4.92. The van der Waals surface area contributed by atoms with Crippen LogP contribution >= 0.6 is 0 Å². The summed E-state index contributed by atoms with van der Waals surface area (Å²) in [6, 6.07) is 0. The summed E-state index contributed by atoms with van der Waals surface area (Å²) in [5.41, 5.74) is -0.0630. The monoisotopic (exact) mass is 356 g/mol. The number of ether oxygens (including phenoxy) is 3. The van der Waals surface area contributed by atoms with Gasteiger partial charge in [-0.1, -0.05) is 47.0 Å². The highest BCUT2D eigenvalue weighted by Crippen LogP contribution is 2.36. The van der Waals surface area contributed by atoms with Gasteiger partial charge < -0.3 is 19.3 Å². The molecular formula is C21H40O4. The van der Waals surface area contributed by atoms with Crippen molar-refractivity contribution in [3.63, 3.8) is 0 Å². The lowest BCUT2D eigenvalue weighted by Gasteiger charge is -2.35. The van der Waals surface area contributed by atoms with Crippen molar-refractivity contribution < 1.29 is 19.3 Å². The van der Waals surface area contributed by atoms with Crippen molar-refractivity contribution >= 4 is 0 Å². The number of rotatable bonds is 8. The zero-order chi connectivity index (χ0) is 18.7. The van der Waals surface area contributed by atoms with Crippen LogP contribution < -0.4 is 0 Å². The Bertz CT molecular complexity index is 401. The van der Waals surface area contributed by atoms with Gasteiger partial charge in [-0.2, -0.15) is 0 Å². The van der Waals surface area contributed by atoms with Gasteiger partial charge in [-0.05, 0) is 38.5 Å². The molecule has 2 fully saturated rings. The predicted molar refractivity (Wildman–Crippen MR) is 101 cm³/mol. The van der Waals surface area contributed by atoms with E-state index in [-0.39, 0.29) is 41.5 Å². The minimum atomic E-state index is -0.364. The Morgan fingerprint density at radius 1 is 1.24 bits per heavy atom. The van der Waals surface area contributed by atoms with Crippen LogP contribution in [0, 0.1) is 5.41 Å². The maximum Gasteiger partial charge on any atom is 0.0887 e. The van der Waals surface area contributed by atoms with Crippen molar-refractivity contribution in [2.45, 2.75) is 123 Å². The van der Waals surface area contributed by atoms with Crippen LogP contribution in [0.3, 0.4) is 0 Å². The molecule has 0 spiro atoms. The third kappa shape index (κ3) is 6.20. The summed E-state index contributed by atoms with van der Waals surface area (Å²) in [4.78, 5) is 0. The molecule has 2 aliphatic rings. The second kappa shape index (κ2) is 8.69. The van der Waals surface area contributed by atoms with Crippen LogP contribution in [-0.2, 0) is 14.2 Å². The average molecular weight is 357 g/mol. The Balaban J connectivity index is 1.89. The van der Waals surface area contributed by atoms with Crippen LogP contribution in [0.1, 0.15) is 86.5 Å². The van der Waals surface area contributed by atoms with Crippen molar-refractivity contribution in [3.8, 4) is 0 Å². The maximum atomic E-state index is 10.4. The molecule has 0 aromatic heterocycles. The Morgan fingerprint density at radius 3 is 2.52 bits per heavy atom. The molecule has 4 heteroatoms. The van der Waals surface area contributed by atoms with E-state index in [9.17, 15) is 5.11 Å². The van der Waals surface area contributed by atoms with E-state index in [1.165, 1.54) is 12.8 Å². The van der Waals surface area contributed by atoms with Gasteiger partial charge in [0.2, 0.25) is 0 Å². The standard InChI is InChI=1S/C21H40O4/c1-7-8-9-10-17-16(22)13-18(24-17)19(20(2,3)4)23-14-15-11-12-21(5,6)25-15/h15-19,22H,7-14H2,1-6H3. The zero-order valence-corrected chi connectivity index (χ0v) is 17.2. The summed E-state index contributed by atoms with van der Waals surface area (Å²) in [5, 5.41) is 10.4. The molecule has 0 amide bonds. The van der Waals surface area contributed by atoms with E-state index in [1.807, 2.05) is 0 Å². The van der Waals surface area contributed by atoms with Crippen LogP contribution in [0.25, 0.3) is 0 Å². The smallest absolute Gasteiger partial charge is 0.0887 e. The molecule has 5 unspecified atom stereocenters. The summed E-state index contributed by atoms with van der Waals surface area (Å²) in [6.45, 7) is 13.7. The van der Waals surface area contributed by atoms with E-state index in [1.54, 1.807) is 0 Å². The Labute approximate surface area is 154 Å². The van der Waals surface area contributed by atoms with Gasteiger partial charge in [0.1, 0.15) is 0 Å². The number of hydrogen-bond acceptors (Lipinski definition) is 4. The quantitative estimate of drug-likeness (QED) is 0.652. The summed E-state index contributed by atoms with van der Waals surface area (Å²) >= 11 is 0. The lowest BCUT2D eigenvalue weighted by Crippen LogP contribution is -2.42. The molecule has 1 N–H and O–H groups in total. The average Bonchev–Trinajstić information content (AvgIpc) is 3.01. The molecular weight excluding hydrogens is 316 g/mol. The Kier molecular flexibility index (Phi) is 7.35. The van der Waals surface area contributed by atoms with Gasteiger partial charge >= 0.3 is 0 Å². The maximum absolute atomic E-state index is 10.4. The minimum Gasteiger partial charge on any atom is -0.390 e. The first kappa shape index (κ1) is 21.1. The van der Waals surface area contributed by atoms with E-state index in [2.05, 4.69) is 41.5 Å². The van der Waals surface area contributed by atoms with Gasteiger partial charge in [0.25, 0.3) is 0 Å². The van der Waals surface area contributed by atoms with E-state index in [0.29, 0.717) is 13.0 Å². The molecule has 4 nitrogen and oxygen atoms in total. The van der Waals surface area contributed by atoms with Gasteiger partial charge in [0.05, 0.1) is 42.7 Å². The molecule has 0 radical (unpaired) electrons. The molecule has 0 aromatic carbocycles. The normalized spacial score (nSPS) is 33.7. The van der Waals surface area contributed by atoms with Gasteiger partial charge in [0, 0.05) is 6.42 Å². The van der Waals surface area contributed by atoms with Crippen LogP contribution in [0.5, 0.6) is 0 Å². The molecule has 2 heterocycles. The fraction of sp³-hybridized carbons (Fsp3) is 1.00. The first-order chi connectivity index (χ1) is 11.6. The number of aliphatic hydroxyl groups is 1. The van der Waals surface area contributed by atoms with E-state index < -0.39 is 0 Å². The SMILES string of the molecule is CCCCCC1OC(C(OCC2CCC(C)(C)O2)C(C)(C)C)CC1O. The minimum absolute atomic E-state index is 0.0226. The molecule has 25 heavy (non-hydrogen) atoms. The summed E-state index contributed by atoms with van der Waals surface area (Å²) in [5.74, 6) is 0. The van der Waals surface area contributed by atoms with Crippen LogP contribution in [0.4, 0.5) is 0 Å². The number of aliphatic hydroxyl groups excluding tert-OH is 1. The fourth-order valence-corrected chi connectivity index (χ4v) is 4.13. The van der Waals surface area contributed by atoms with Gasteiger partial charge in [-0.3, -0.25) is 0 Å². The Hall–Kier alpha value is -0.160. The first-order valence-electron chi connectivity index (χ1n) is 10.3. The van der Waals surface area contributed by atoms with E-state index >= 15 is 0 Å². The van der Waals surface area contributed by atoms with Crippen molar-refractivity contribution in [2.24, 2.45) is 5.41 Å². The summed E-state index contributed by atoms with van der Waals surface area (Å²) in [7, 11) is 0. The molecule has 0 saturated carbocycles. The van der Waals surface area contributed by atoms with E-state index in [4.69, 9.17) is 14.2 Å². The molecule has 2 rings (SSSR count). The summed E-state index contributed by atoms with van der Waals surface area (Å²) < 4.78 is 18.6. The van der Waals surface area contributed by atoms with Crippen LogP contribution in [0.15, 0.2) is 0 Å². The Morgan fingerprint density at radius 2 is 1.96 bits per heavy atom. The third-order valence-corrected chi connectivity index (χ3v) is 5.55. The second-order valence-electron chi connectivity index (χ2n) is 9.67. The van der Waals surface area contributed by atoms with E-state index in [0.717, 1.165) is 25.7 Å². The third-order valence-electron chi connectivity index (χ3n) is 5.55. The molecule has 5 atom stereocenters. The number of unbranched alkanes of at least 4 members (excludes halogenated alkanes) is 2. The van der Waals surface area contributed by atoms with Crippen molar-refractivity contribution in [3.05, 3.63) is 0 Å². The summed E-state index contributed by atoms with van der Waals surface area (Å²) in [6.07, 6.45) is 6.99. The molecule has 148 valence electrons. The van der Waals surface area contributed by atoms with Gasteiger partial charge in [0.15, 0.2) is 0 Å². The highest BCUT2D eigenvalue weighted by Gasteiger charge is 2.43. The molecule has 2 saturated heterocycles. The topological polar surface area (TPSA) is 47.9 Å². The lowest BCUT2D eigenvalue weighted by atomic mass is 9.84. The van der Waals surface area contributed by atoms with Gasteiger partial charge in [-0.25, -0.2) is 0 Å².